The molecule has 0 spiro atoms. The maximum Gasteiger partial charge on any atom is 0.338 e. The molecule has 1 aromatic heterocycles. The molecular formula is C20H15ClF3N3O3. The molecule has 3 rings (SSSR count). The van der Waals surface area contributed by atoms with E-state index in [1.807, 2.05) is 5.32 Å². The van der Waals surface area contributed by atoms with E-state index in [9.17, 15) is 22.8 Å². The van der Waals surface area contributed by atoms with Gasteiger partial charge >= 0.3 is 5.97 Å². The average molecular weight is 438 g/mol. The summed E-state index contributed by atoms with van der Waals surface area (Å²) in [6, 6.07) is 7.74. The van der Waals surface area contributed by atoms with Crippen molar-refractivity contribution in [3.8, 4) is 5.69 Å². The molecule has 0 bridgehead atoms. The summed E-state index contributed by atoms with van der Waals surface area (Å²) in [4.78, 5) is 23.9. The summed E-state index contributed by atoms with van der Waals surface area (Å²) in [5.74, 6) is -6.36. The summed E-state index contributed by atoms with van der Waals surface area (Å²) in [6.07, 6.45) is 0. The van der Waals surface area contributed by atoms with Crippen LogP contribution in [0.1, 0.15) is 21.7 Å². The van der Waals surface area contributed by atoms with Crippen LogP contribution in [0.4, 0.5) is 18.9 Å². The zero-order chi connectivity index (χ0) is 22.0. The zero-order valence-electron chi connectivity index (χ0n) is 15.8. The number of aromatic nitrogens is 2. The van der Waals surface area contributed by atoms with Crippen LogP contribution in [0.25, 0.3) is 5.69 Å². The number of carbonyl (C=O) groups is 2. The number of benzene rings is 2. The number of carbonyl (C=O) groups excluding carboxylic acids is 2. The summed E-state index contributed by atoms with van der Waals surface area (Å²) in [5.41, 5.74) is 1.68. The SMILES string of the molecule is Cc1nn(-c2ccc(C(=O)OCC(=O)Nc3ccc(F)c(F)c3F)cc2)c(C)c1Cl. The number of ether oxygens (including phenoxy) is 1. The number of nitrogens with zero attached hydrogens (tertiary/aromatic N) is 2. The summed E-state index contributed by atoms with van der Waals surface area (Å²) in [6.45, 7) is 2.83. The molecule has 1 heterocycles. The van der Waals surface area contributed by atoms with Crippen LogP contribution in [0.5, 0.6) is 0 Å². The second-order valence-corrected chi connectivity index (χ2v) is 6.67. The van der Waals surface area contributed by atoms with E-state index in [4.69, 9.17) is 16.3 Å². The molecule has 0 radical (unpaired) electrons. The van der Waals surface area contributed by atoms with Gasteiger partial charge in [0.1, 0.15) is 0 Å². The van der Waals surface area contributed by atoms with Crippen molar-refractivity contribution in [1.29, 1.82) is 0 Å². The van der Waals surface area contributed by atoms with Gasteiger partial charge in [-0.1, -0.05) is 11.6 Å². The second kappa shape index (κ2) is 8.58. The fraction of sp³-hybridized carbons (Fsp3) is 0.150. The van der Waals surface area contributed by atoms with E-state index in [0.29, 0.717) is 22.5 Å². The van der Waals surface area contributed by atoms with Crippen molar-refractivity contribution in [1.82, 2.24) is 9.78 Å². The maximum atomic E-state index is 13.6. The van der Waals surface area contributed by atoms with Gasteiger partial charge in [0.25, 0.3) is 5.91 Å². The Hall–Kier alpha value is -3.33. The van der Waals surface area contributed by atoms with Crippen molar-refractivity contribution in [2.75, 3.05) is 11.9 Å². The number of esters is 1. The fourth-order valence-corrected chi connectivity index (χ4v) is 2.75. The van der Waals surface area contributed by atoms with Gasteiger partial charge < -0.3 is 10.1 Å². The fourth-order valence-electron chi connectivity index (χ4n) is 2.64. The lowest BCUT2D eigenvalue weighted by molar-refractivity contribution is -0.119. The molecule has 156 valence electrons. The first-order valence-electron chi connectivity index (χ1n) is 8.61. The monoisotopic (exact) mass is 437 g/mol. The summed E-state index contributed by atoms with van der Waals surface area (Å²) in [7, 11) is 0. The van der Waals surface area contributed by atoms with Gasteiger partial charge in [-0.25, -0.2) is 22.6 Å². The molecule has 1 amide bonds. The lowest BCUT2D eigenvalue weighted by atomic mass is 10.2. The molecule has 1 N–H and O–H groups in total. The van der Waals surface area contributed by atoms with Gasteiger partial charge in [0.15, 0.2) is 24.1 Å². The first-order valence-corrected chi connectivity index (χ1v) is 8.99. The van der Waals surface area contributed by atoms with Crippen LogP contribution in [0, 0.1) is 31.3 Å². The molecule has 2 aromatic carbocycles. The third kappa shape index (κ3) is 4.30. The molecule has 0 atom stereocenters. The number of amides is 1. The minimum atomic E-state index is -1.71. The maximum absolute atomic E-state index is 13.6. The predicted octanol–water partition coefficient (Wildman–Crippen LogP) is 4.36. The normalized spacial score (nSPS) is 10.7. The van der Waals surface area contributed by atoms with Crippen LogP contribution < -0.4 is 5.32 Å². The van der Waals surface area contributed by atoms with E-state index >= 15 is 0 Å². The number of aryl methyl sites for hydroxylation is 1. The molecule has 30 heavy (non-hydrogen) atoms. The number of halogens is 4. The van der Waals surface area contributed by atoms with Crippen molar-refractivity contribution in [2.24, 2.45) is 0 Å². The number of anilines is 1. The zero-order valence-corrected chi connectivity index (χ0v) is 16.6. The van der Waals surface area contributed by atoms with Crippen molar-refractivity contribution >= 4 is 29.2 Å². The van der Waals surface area contributed by atoms with E-state index in [2.05, 4.69) is 5.10 Å². The lowest BCUT2D eigenvalue weighted by Gasteiger charge is -2.09. The molecule has 3 aromatic rings. The third-order valence-corrected chi connectivity index (χ3v) is 4.74. The molecule has 0 aliphatic carbocycles. The molecule has 0 fully saturated rings. The Bertz CT molecular complexity index is 1130. The summed E-state index contributed by atoms with van der Waals surface area (Å²) < 4.78 is 46.1. The third-order valence-electron chi connectivity index (χ3n) is 4.19. The molecular weight excluding hydrogens is 423 g/mol. The van der Waals surface area contributed by atoms with Gasteiger partial charge in [-0.2, -0.15) is 5.10 Å². The smallest absolute Gasteiger partial charge is 0.338 e. The standard InChI is InChI=1S/C20H15ClF3N3O3/c1-10-17(21)11(2)27(26-10)13-5-3-12(4-6-13)20(29)30-9-16(28)25-15-8-7-14(22)18(23)19(15)24/h3-8H,9H2,1-2H3,(H,25,28). The first kappa shape index (κ1) is 21.4. The van der Waals surface area contributed by atoms with Crippen LogP contribution >= 0.6 is 11.6 Å². The lowest BCUT2D eigenvalue weighted by Crippen LogP contribution is -2.21. The Morgan fingerprint density at radius 2 is 1.73 bits per heavy atom. The minimum absolute atomic E-state index is 0.165. The highest BCUT2D eigenvalue weighted by atomic mass is 35.5. The highest BCUT2D eigenvalue weighted by Crippen LogP contribution is 2.23. The van der Waals surface area contributed by atoms with E-state index in [1.165, 1.54) is 12.1 Å². The van der Waals surface area contributed by atoms with Crippen molar-refractivity contribution in [2.45, 2.75) is 13.8 Å². The van der Waals surface area contributed by atoms with Gasteiger partial charge in [-0.05, 0) is 50.2 Å². The minimum Gasteiger partial charge on any atom is -0.452 e. The molecule has 0 saturated carbocycles. The molecule has 0 unspecified atom stereocenters. The van der Waals surface area contributed by atoms with Gasteiger partial charge in [0, 0.05) is 0 Å². The Balaban J connectivity index is 1.62. The second-order valence-electron chi connectivity index (χ2n) is 6.29. The molecule has 0 aliphatic heterocycles. The van der Waals surface area contributed by atoms with Gasteiger partial charge in [0.05, 0.1) is 33.3 Å². The predicted molar refractivity (Wildman–Crippen MR) is 103 cm³/mol. The topological polar surface area (TPSA) is 73.2 Å². The Labute approximate surface area is 174 Å². The Morgan fingerprint density at radius 1 is 1.07 bits per heavy atom. The van der Waals surface area contributed by atoms with Crippen LogP contribution in [-0.4, -0.2) is 28.3 Å². The van der Waals surface area contributed by atoms with Crippen LogP contribution in [0.2, 0.25) is 5.02 Å². The summed E-state index contributed by atoms with van der Waals surface area (Å²) in [5, 5.41) is 6.86. The average Bonchev–Trinajstić information content (AvgIpc) is 3.00. The molecule has 10 heteroatoms. The largest absolute Gasteiger partial charge is 0.452 e. The van der Waals surface area contributed by atoms with Gasteiger partial charge in [0.2, 0.25) is 0 Å². The summed E-state index contributed by atoms with van der Waals surface area (Å²) >= 11 is 6.13. The highest BCUT2D eigenvalue weighted by Gasteiger charge is 2.17. The Kier molecular flexibility index (Phi) is 6.12. The van der Waals surface area contributed by atoms with E-state index < -0.39 is 41.6 Å². The molecule has 6 nitrogen and oxygen atoms in total. The van der Waals surface area contributed by atoms with Crippen molar-refractivity contribution in [3.63, 3.8) is 0 Å². The van der Waals surface area contributed by atoms with Crippen molar-refractivity contribution in [3.05, 3.63) is 75.8 Å². The number of rotatable bonds is 5. The van der Waals surface area contributed by atoms with Gasteiger partial charge in [-0.15, -0.1) is 0 Å². The Morgan fingerprint density at radius 3 is 2.33 bits per heavy atom. The highest BCUT2D eigenvalue weighted by molar-refractivity contribution is 6.31. The van der Waals surface area contributed by atoms with Crippen LogP contribution in [0.3, 0.4) is 0 Å². The first-order chi connectivity index (χ1) is 14.2. The van der Waals surface area contributed by atoms with E-state index in [-0.39, 0.29) is 5.56 Å². The number of hydrogen-bond acceptors (Lipinski definition) is 4. The number of hydrogen-bond donors (Lipinski definition) is 1. The van der Waals surface area contributed by atoms with E-state index in [0.717, 1.165) is 11.8 Å². The van der Waals surface area contributed by atoms with Crippen LogP contribution in [0.15, 0.2) is 36.4 Å². The molecule has 0 aliphatic rings. The molecule has 0 saturated heterocycles. The quantitative estimate of drug-likeness (QED) is 0.475. The number of nitrogens with one attached hydrogen (secondary N) is 1. The van der Waals surface area contributed by atoms with Crippen molar-refractivity contribution < 1.29 is 27.5 Å². The van der Waals surface area contributed by atoms with Crippen LogP contribution in [-0.2, 0) is 9.53 Å². The van der Waals surface area contributed by atoms with E-state index in [1.54, 1.807) is 30.7 Å². The van der Waals surface area contributed by atoms with Gasteiger partial charge in [-0.3, -0.25) is 4.79 Å².